The van der Waals surface area contributed by atoms with Gasteiger partial charge >= 0.3 is 5.97 Å². The molecule has 128 valence electrons. The third-order valence-corrected chi connectivity index (χ3v) is 5.27. The largest absolute Gasteiger partial charge is 0.481 e. The molecule has 1 aromatic carbocycles. The number of hydrogen-bond acceptors (Lipinski definition) is 6. The van der Waals surface area contributed by atoms with Crippen molar-refractivity contribution in [2.75, 3.05) is 5.75 Å². The number of rotatable bonds is 8. The molecule has 1 saturated heterocycles. The topological polar surface area (TPSA) is 91.1 Å². The maximum atomic E-state index is 11.6. The number of amides is 1. The second-order valence-corrected chi connectivity index (χ2v) is 7.48. The minimum Gasteiger partial charge on any atom is -0.481 e. The standard InChI is InChI=1S/C16H19N3O3S2/c1-2-3-7-23-12-6-4-5-11(8-12)10-17-19-16-18-15(22)13(24-16)9-14(20)21/h4-6,8,10,13H,2-3,7,9H2,1H3,(H,20,21)(H,18,19,22). The van der Waals surface area contributed by atoms with E-state index in [-0.39, 0.29) is 12.3 Å². The molecule has 1 unspecified atom stereocenters. The number of unbranched alkanes of at least 4 members (excludes halogenated alkanes) is 1. The molecule has 1 aliphatic rings. The number of hydrogen-bond donors (Lipinski definition) is 2. The van der Waals surface area contributed by atoms with Gasteiger partial charge in [-0.1, -0.05) is 37.2 Å². The van der Waals surface area contributed by atoms with E-state index in [0.29, 0.717) is 5.17 Å². The molecule has 0 saturated carbocycles. The SMILES string of the molecule is CCCCSc1cccc(C=NN=C2NC(=O)C(CC(=O)O)S2)c1. The van der Waals surface area contributed by atoms with E-state index in [9.17, 15) is 9.59 Å². The molecule has 1 aromatic rings. The summed E-state index contributed by atoms with van der Waals surface area (Å²) < 4.78 is 0. The Bertz CT molecular complexity index is 662. The minimum absolute atomic E-state index is 0.226. The first-order chi connectivity index (χ1) is 11.6. The van der Waals surface area contributed by atoms with E-state index in [4.69, 9.17) is 5.11 Å². The van der Waals surface area contributed by atoms with E-state index in [0.717, 1.165) is 23.1 Å². The van der Waals surface area contributed by atoms with Gasteiger partial charge in [0.15, 0.2) is 5.17 Å². The molecule has 0 spiro atoms. The van der Waals surface area contributed by atoms with Gasteiger partial charge in [-0.05, 0) is 29.9 Å². The van der Waals surface area contributed by atoms with Gasteiger partial charge < -0.3 is 10.4 Å². The maximum Gasteiger partial charge on any atom is 0.305 e. The van der Waals surface area contributed by atoms with Crippen LogP contribution in [0.4, 0.5) is 0 Å². The van der Waals surface area contributed by atoms with Crippen LogP contribution < -0.4 is 5.32 Å². The van der Waals surface area contributed by atoms with Crippen LogP contribution in [-0.2, 0) is 9.59 Å². The van der Waals surface area contributed by atoms with Crippen molar-refractivity contribution in [1.29, 1.82) is 0 Å². The molecule has 0 radical (unpaired) electrons. The quantitative estimate of drug-likeness (QED) is 0.320. The Hall–Kier alpha value is -1.80. The summed E-state index contributed by atoms with van der Waals surface area (Å²) in [4.78, 5) is 23.4. The Morgan fingerprint density at radius 1 is 1.50 bits per heavy atom. The molecule has 8 heteroatoms. The third kappa shape index (κ3) is 6.01. The molecular weight excluding hydrogens is 346 g/mol. The fourth-order valence-corrected chi connectivity index (χ4v) is 3.89. The number of nitrogens with one attached hydrogen (secondary N) is 1. The van der Waals surface area contributed by atoms with Gasteiger partial charge in [-0.25, -0.2) is 0 Å². The zero-order valence-electron chi connectivity index (χ0n) is 13.3. The summed E-state index contributed by atoms with van der Waals surface area (Å²) in [5.74, 6) is -0.261. The van der Waals surface area contributed by atoms with Gasteiger partial charge in [0, 0.05) is 4.90 Å². The Morgan fingerprint density at radius 2 is 2.33 bits per heavy atom. The highest BCUT2D eigenvalue weighted by Crippen LogP contribution is 2.22. The van der Waals surface area contributed by atoms with Gasteiger partial charge in [0.2, 0.25) is 5.91 Å². The zero-order chi connectivity index (χ0) is 17.4. The summed E-state index contributed by atoms with van der Waals surface area (Å²) in [5.41, 5.74) is 0.928. The number of thioether (sulfide) groups is 2. The second kappa shape index (κ2) is 9.48. The highest BCUT2D eigenvalue weighted by Gasteiger charge is 2.32. The Labute approximate surface area is 149 Å². The predicted octanol–water partition coefficient (Wildman–Crippen LogP) is 2.98. The first-order valence-electron chi connectivity index (χ1n) is 7.61. The molecule has 1 fully saturated rings. The molecule has 2 N–H and O–H groups in total. The highest BCUT2D eigenvalue weighted by molar-refractivity contribution is 8.15. The van der Waals surface area contributed by atoms with E-state index in [1.165, 1.54) is 17.7 Å². The highest BCUT2D eigenvalue weighted by atomic mass is 32.2. The fraction of sp³-hybridized carbons (Fsp3) is 0.375. The Kier molecular flexibility index (Phi) is 7.33. The van der Waals surface area contributed by atoms with Crippen molar-refractivity contribution in [3.8, 4) is 0 Å². The van der Waals surface area contributed by atoms with Crippen molar-refractivity contribution in [3.05, 3.63) is 29.8 Å². The number of benzene rings is 1. The van der Waals surface area contributed by atoms with Crippen molar-refractivity contribution in [2.24, 2.45) is 10.2 Å². The second-order valence-electron chi connectivity index (χ2n) is 5.12. The van der Waals surface area contributed by atoms with Crippen LogP contribution in [-0.4, -0.2) is 39.4 Å². The molecule has 0 bridgehead atoms. The van der Waals surface area contributed by atoms with Gasteiger partial charge in [-0.15, -0.1) is 16.9 Å². The number of nitrogens with zero attached hydrogens (tertiary/aromatic N) is 2. The maximum absolute atomic E-state index is 11.6. The van der Waals surface area contributed by atoms with Gasteiger partial charge in [-0.2, -0.15) is 5.10 Å². The molecule has 1 amide bonds. The van der Waals surface area contributed by atoms with E-state index in [1.807, 2.05) is 30.0 Å². The van der Waals surface area contributed by atoms with Crippen molar-refractivity contribution in [1.82, 2.24) is 5.32 Å². The lowest BCUT2D eigenvalue weighted by molar-refractivity contribution is -0.138. The lowest BCUT2D eigenvalue weighted by Gasteiger charge is -2.01. The molecule has 1 aliphatic heterocycles. The van der Waals surface area contributed by atoms with E-state index < -0.39 is 11.2 Å². The molecule has 24 heavy (non-hydrogen) atoms. The van der Waals surface area contributed by atoms with Crippen LogP contribution in [0.1, 0.15) is 31.7 Å². The van der Waals surface area contributed by atoms with Crippen LogP contribution in [0, 0.1) is 0 Å². The van der Waals surface area contributed by atoms with Gasteiger partial charge in [0.1, 0.15) is 5.25 Å². The van der Waals surface area contributed by atoms with E-state index in [2.05, 4.69) is 28.5 Å². The first-order valence-corrected chi connectivity index (χ1v) is 9.48. The number of carboxylic acid groups (broad SMARTS) is 1. The summed E-state index contributed by atoms with van der Waals surface area (Å²) >= 11 is 2.90. The van der Waals surface area contributed by atoms with Crippen LogP contribution in [0.15, 0.2) is 39.4 Å². The zero-order valence-corrected chi connectivity index (χ0v) is 14.9. The fourth-order valence-electron chi connectivity index (χ4n) is 1.91. The van der Waals surface area contributed by atoms with Crippen LogP contribution in [0.25, 0.3) is 0 Å². The van der Waals surface area contributed by atoms with E-state index in [1.54, 1.807) is 6.21 Å². The van der Waals surface area contributed by atoms with Crippen LogP contribution >= 0.6 is 23.5 Å². The number of amidine groups is 1. The van der Waals surface area contributed by atoms with Gasteiger partial charge in [-0.3, -0.25) is 9.59 Å². The van der Waals surface area contributed by atoms with Crippen molar-refractivity contribution in [2.45, 2.75) is 36.3 Å². The van der Waals surface area contributed by atoms with Crippen LogP contribution in [0.3, 0.4) is 0 Å². The molecule has 2 rings (SSSR count). The smallest absolute Gasteiger partial charge is 0.305 e. The van der Waals surface area contributed by atoms with Crippen LogP contribution in [0.2, 0.25) is 0 Å². The van der Waals surface area contributed by atoms with Crippen molar-refractivity contribution >= 4 is 46.8 Å². The lowest BCUT2D eigenvalue weighted by atomic mass is 10.2. The monoisotopic (exact) mass is 365 g/mol. The van der Waals surface area contributed by atoms with Crippen LogP contribution in [0.5, 0.6) is 0 Å². The Morgan fingerprint density at radius 3 is 3.08 bits per heavy atom. The minimum atomic E-state index is -1.01. The average Bonchev–Trinajstić information content (AvgIpc) is 2.87. The lowest BCUT2D eigenvalue weighted by Crippen LogP contribution is -2.26. The molecule has 0 aromatic heterocycles. The predicted molar refractivity (Wildman–Crippen MR) is 98.9 cm³/mol. The summed E-state index contributed by atoms with van der Waals surface area (Å²) in [7, 11) is 0. The van der Waals surface area contributed by atoms with E-state index >= 15 is 0 Å². The summed E-state index contributed by atoms with van der Waals surface area (Å²) in [6.45, 7) is 2.17. The molecule has 6 nitrogen and oxygen atoms in total. The summed E-state index contributed by atoms with van der Waals surface area (Å²) in [5, 5.41) is 18.9. The molecule has 0 aliphatic carbocycles. The number of carboxylic acids is 1. The van der Waals surface area contributed by atoms with Gasteiger partial charge in [0.25, 0.3) is 0 Å². The normalized spacial score (nSPS) is 19.1. The number of carbonyl (C=O) groups is 2. The summed E-state index contributed by atoms with van der Waals surface area (Å²) in [6, 6.07) is 8.00. The van der Waals surface area contributed by atoms with Gasteiger partial charge in [0.05, 0.1) is 12.6 Å². The van der Waals surface area contributed by atoms with Crippen molar-refractivity contribution < 1.29 is 14.7 Å². The molecular formula is C16H19N3O3S2. The molecule has 1 atom stereocenters. The summed E-state index contributed by atoms with van der Waals surface area (Å²) in [6.07, 6.45) is 3.76. The number of carbonyl (C=O) groups excluding carboxylic acids is 1. The number of aliphatic carboxylic acids is 1. The Balaban J connectivity index is 1.93. The third-order valence-electron chi connectivity index (χ3n) is 3.12. The van der Waals surface area contributed by atoms with Crippen molar-refractivity contribution in [3.63, 3.8) is 0 Å². The first kappa shape index (κ1) is 18.5. The molecule has 1 heterocycles. The average molecular weight is 365 g/mol.